The minimum Gasteiger partial charge on any atom is -0.494 e. The number of carbonyl (C=O) groups excluding carboxylic acids is 1. The molecule has 31 heavy (non-hydrogen) atoms. The van der Waals surface area contributed by atoms with Crippen molar-refractivity contribution in [2.75, 3.05) is 12.3 Å². The van der Waals surface area contributed by atoms with E-state index in [2.05, 4.69) is 47.9 Å². The van der Waals surface area contributed by atoms with Gasteiger partial charge in [0.05, 0.1) is 6.61 Å². The van der Waals surface area contributed by atoms with Crippen LogP contribution in [0.2, 0.25) is 0 Å². The van der Waals surface area contributed by atoms with Crippen molar-refractivity contribution in [1.29, 1.82) is 0 Å². The molecular formula is C20H22N8O3. The first-order valence-electron chi connectivity index (χ1n) is 9.93. The van der Waals surface area contributed by atoms with Gasteiger partial charge in [0.15, 0.2) is 5.69 Å². The van der Waals surface area contributed by atoms with E-state index < -0.39 is 5.91 Å². The highest BCUT2D eigenvalue weighted by molar-refractivity contribution is 5.98. The lowest BCUT2D eigenvalue weighted by molar-refractivity contribution is 0.0950. The van der Waals surface area contributed by atoms with Crippen molar-refractivity contribution in [3.63, 3.8) is 0 Å². The average Bonchev–Trinajstić information content (AvgIpc) is 3.41. The number of nitrogen functional groups attached to an aromatic ring is 1. The Hall–Kier alpha value is -4.02. The number of aromatic nitrogens is 5. The third-order valence-electron chi connectivity index (χ3n) is 4.78. The van der Waals surface area contributed by atoms with E-state index in [1.165, 1.54) is 4.68 Å². The van der Waals surface area contributed by atoms with Crippen molar-refractivity contribution in [3.8, 4) is 22.8 Å². The lowest BCUT2D eigenvalue weighted by Crippen LogP contribution is -2.20. The molecule has 3 N–H and O–H groups in total. The summed E-state index contributed by atoms with van der Waals surface area (Å²) >= 11 is 0. The van der Waals surface area contributed by atoms with Crippen LogP contribution < -0.4 is 15.9 Å². The molecule has 0 radical (unpaired) electrons. The van der Waals surface area contributed by atoms with Crippen molar-refractivity contribution in [1.82, 2.24) is 30.7 Å². The highest BCUT2D eigenvalue weighted by Gasteiger charge is 2.25. The number of nitrogens with two attached hydrogens (primary N) is 1. The standard InChI is InChI=1S/C20H22N8O3/c1-2-30-15-10-8-14(9-11-15)17-16(23-27-28(17)19-18(21)25-31-26-19)20(29)24-22-12-13-6-4-3-5-7-13/h3-4,8-13H,2,5-7H2,1H3,(H2,21,25)(H,24,29)/b22-12-/t13-/m1/s1. The molecule has 1 aliphatic carbocycles. The quantitative estimate of drug-likeness (QED) is 0.335. The number of hydrogen-bond acceptors (Lipinski definition) is 9. The molecule has 2 heterocycles. The second kappa shape index (κ2) is 9.20. The third-order valence-corrected chi connectivity index (χ3v) is 4.78. The molecule has 0 spiro atoms. The second-order valence-electron chi connectivity index (χ2n) is 6.89. The zero-order chi connectivity index (χ0) is 21.6. The van der Waals surface area contributed by atoms with Crippen LogP contribution in [0.4, 0.5) is 5.82 Å². The van der Waals surface area contributed by atoms with E-state index in [1.807, 2.05) is 6.92 Å². The molecule has 0 fully saturated rings. The fourth-order valence-corrected chi connectivity index (χ4v) is 3.26. The summed E-state index contributed by atoms with van der Waals surface area (Å²) < 4.78 is 11.5. The van der Waals surface area contributed by atoms with Gasteiger partial charge in [0.1, 0.15) is 11.4 Å². The molecule has 3 aromatic rings. The lowest BCUT2D eigenvalue weighted by atomic mass is 9.96. The van der Waals surface area contributed by atoms with Crippen molar-refractivity contribution in [2.45, 2.75) is 26.2 Å². The van der Waals surface area contributed by atoms with Gasteiger partial charge in [-0.2, -0.15) is 9.78 Å². The van der Waals surface area contributed by atoms with Gasteiger partial charge in [-0.3, -0.25) is 4.79 Å². The summed E-state index contributed by atoms with van der Waals surface area (Å²) in [6, 6.07) is 7.16. The van der Waals surface area contributed by atoms with Crippen molar-refractivity contribution in [2.24, 2.45) is 11.0 Å². The second-order valence-corrected chi connectivity index (χ2v) is 6.89. The van der Waals surface area contributed by atoms with E-state index in [4.69, 9.17) is 10.5 Å². The maximum absolute atomic E-state index is 12.8. The molecule has 2 aromatic heterocycles. The Bertz CT molecular complexity index is 1100. The number of amides is 1. The van der Waals surface area contributed by atoms with E-state index in [0.29, 0.717) is 29.5 Å². The molecule has 4 rings (SSSR count). The molecule has 160 valence electrons. The Morgan fingerprint density at radius 1 is 1.35 bits per heavy atom. The van der Waals surface area contributed by atoms with Crippen LogP contribution in [0.5, 0.6) is 5.75 Å². The minimum absolute atomic E-state index is 0.0208. The van der Waals surface area contributed by atoms with Crippen LogP contribution in [0, 0.1) is 5.92 Å². The van der Waals surface area contributed by atoms with Gasteiger partial charge < -0.3 is 10.5 Å². The molecule has 1 aromatic carbocycles. The lowest BCUT2D eigenvalue weighted by Gasteiger charge is -2.11. The molecule has 0 aliphatic heterocycles. The highest BCUT2D eigenvalue weighted by atomic mass is 16.6. The zero-order valence-corrected chi connectivity index (χ0v) is 16.9. The Morgan fingerprint density at radius 2 is 2.19 bits per heavy atom. The molecular weight excluding hydrogens is 400 g/mol. The first kappa shape index (κ1) is 20.3. The van der Waals surface area contributed by atoms with Gasteiger partial charge in [-0.1, -0.05) is 17.4 Å². The topological polar surface area (TPSA) is 146 Å². The minimum atomic E-state index is -0.507. The number of anilines is 1. The van der Waals surface area contributed by atoms with Crippen molar-refractivity contribution >= 4 is 17.9 Å². The van der Waals surface area contributed by atoms with E-state index in [0.717, 1.165) is 19.3 Å². The Kier molecular flexibility index (Phi) is 6.01. The van der Waals surface area contributed by atoms with Gasteiger partial charge in [-0.25, -0.2) is 10.1 Å². The molecule has 0 unspecified atom stereocenters. The van der Waals surface area contributed by atoms with Gasteiger partial charge >= 0.3 is 0 Å². The fourth-order valence-electron chi connectivity index (χ4n) is 3.26. The van der Waals surface area contributed by atoms with Crippen LogP contribution in [-0.4, -0.2) is 44.0 Å². The van der Waals surface area contributed by atoms with Gasteiger partial charge in [-0.15, -0.1) is 5.10 Å². The highest BCUT2D eigenvalue weighted by Crippen LogP contribution is 2.28. The summed E-state index contributed by atoms with van der Waals surface area (Å²) in [6.07, 6.45) is 8.94. The van der Waals surface area contributed by atoms with E-state index in [1.54, 1.807) is 30.5 Å². The summed E-state index contributed by atoms with van der Waals surface area (Å²) in [5, 5.41) is 19.5. The SMILES string of the molecule is CCOc1ccc(-c2c(C(=O)N/N=C\[C@@H]3CC=CCC3)nnn2-c2nonc2N)cc1. The number of rotatable bonds is 7. The monoisotopic (exact) mass is 422 g/mol. The third kappa shape index (κ3) is 4.44. The molecule has 0 bridgehead atoms. The van der Waals surface area contributed by atoms with Crippen LogP contribution in [-0.2, 0) is 0 Å². The summed E-state index contributed by atoms with van der Waals surface area (Å²) in [5.41, 5.74) is 9.45. The van der Waals surface area contributed by atoms with Crippen LogP contribution in [0.3, 0.4) is 0 Å². The molecule has 0 saturated carbocycles. The van der Waals surface area contributed by atoms with Gasteiger partial charge in [0, 0.05) is 11.8 Å². The molecule has 0 saturated heterocycles. The average molecular weight is 422 g/mol. The predicted octanol–water partition coefficient (Wildman–Crippen LogP) is 2.37. The number of benzene rings is 1. The number of carbonyl (C=O) groups is 1. The first-order valence-corrected chi connectivity index (χ1v) is 9.93. The van der Waals surface area contributed by atoms with Gasteiger partial charge in [0.25, 0.3) is 5.91 Å². The van der Waals surface area contributed by atoms with Crippen LogP contribution in [0.25, 0.3) is 17.1 Å². The number of nitrogens with one attached hydrogen (secondary N) is 1. The normalized spacial score (nSPS) is 16.0. The smallest absolute Gasteiger partial charge is 0.294 e. The maximum atomic E-state index is 12.8. The molecule has 11 nitrogen and oxygen atoms in total. The Labute approximate surface area is 177 Å². The maximum Gasteiger partial charge on any atom is 0.294 e. The predicted molar refractivity (Wildman–Crippen MR) is 113 cm³/mol. The largest absolute Gasteiger partial charge is 0.494 e. The van der Waals surface area contributed by atoms with Crippen LogP contribution in [0.1, 0.15) is 36.7 Å². The van der Waals surface area contributed by atoms with Crippen molar-refractivity contribution in [3.05, 3.63) is 42.1 Å². The van der Waals surface area contributed by atoms with Crippen LogP contribution in [0.15, 0.2) is 46.1 Å². The Balaban J connectivity index is 1.65. The molecule has 11 heteroatoms. The summed E-state index contributed by atoms with van der Waals surface area (Å²) in [7, 11) is 0. The summed E-state index contributed by atoms with van der Waals surface area (Å²) in [6.45, 7) is 2.45. The molecule has 1 atom stereocenters. The van der Waals surface area contributed by atoms with Gasteiger partial charge in [0.2, 0.25) is 11.6 Å². The fraction of sp³-hybridized carbons (Fsp3) is 0.300. The summed E-state index contributed by atoms with van der Waals surface area (Å²) in [4.78, 5) is 12.8. The number of hydrogen-bond donors (Lipinski definition) is 2. The van der Waals surface area contributed by atoms with Crippen LogP contribution >= 0.6 is 0 Å². The number of ether oxygens (including phenoxy) is 1. The van der Waals surface area contributed by atoms with E-state index in [9.17, 15) is 4.79 Å². The number of nitrogens with zero attached hydrogens (tertiary/aromatic N) is 6. The zero-order valence-electron chi connectivity index (χ0n) is 16.9. The number of allylic oxidation sites excluding steroid dienone is 2. The molecule has 1 amide bonds. The van der Waals surface area contributed by atoms with E-state index >= 15 is 0 Å². The van der Waals surface area contributed by atoms with Crippen molar-refractivity contribution < 1.29 is 14.2 Å². The van der Waals surface area contributed by atoms with E-state index in [-0.39, 0.29) is 17.3 Å². The van der Waals surface area contributed by atoms with Gasteiger partial charge in [-0.05, 0) is 66.7 Å². The Morgan fingerprint density at radius 3 is 2.87 bits per heavy atom. The summed E-state index contributed by atoms with van der Waals surface area (Å²) in [5.74, 6) is 0.644. The molecule has 1 aliphatic rings. The first-order chi connectivity index (χ1) is 15.2. The number of hydrazone groups is 1.